The first-order chi connectivity index (χ1) is 16.2. The van der Waals surface area contributed by atoms with Crippen molar-refractivity contribution in [2.75, 3.05) is 0 Å². The van der Waals surface area contributed by atoms with Gasteiger partial charge in [0.05, 0.1) is 11.1 Å². The van der Waals surface area contributed by atoms with Crippen molar-refractivity contribution in [2.24, 2.45) is 0 Å². The zero-order chi connectivity index (χ0) is 22.9. The molecule has 0 saturated heterocycles. The minimum atomic E-state index is -0.386. The SMILES string of the molecule is O=C(OCc1cc[n+](Cc2ccccc2)c(COC(=O)c2ccccc2)c1)c1ccccc1. The first-order valence-electron chi connectivity index (χ1n) is 10.7. The second-order valence-corrected chi connectivity index (χ2v) is 7.52. The number of carbonyl (C=O) groups is 2. The van der Waals surface area contributed by atoms with Crippen LogP contribution in [0.25, 0.3) is 0 Å². The van der Waals surface area contributed by atoms with Crippen molar-refractivity contribution in [3.8, 4) is 0 Å². The summed E-state index contributed by atoms with van der Waals surface area (Å²) in [6.07, 6.45) is 1.92. The smallest absolute Gasteiger partial charge is 0.338 e. The summed E-state index contributed by atoms with van der Waals surface area (Å²) in [5.41, 5.74) is 3.75. The molecule has 1 aromatic heterocycles. The number of ether oxygens (including phenoxy) is 2. The van der Waals surface area contributed by atoms with Gasteiger partial charge in [-0.25, -0.2) is 9.59 Å². The van der Waals surface area contributed by atoms with E-state index in [1.165, 1.54) is 0 Å². The van der Waals surface area contributed by atoms with Crippen molar-refractivity contribution in [1.29, 1.82) is 0 Å². The van der Waals surface area contributed by atoms with Gasteiger partial charge in [0.1, 0.15) is 6.61 Å². The number of hydrogen-bond acceptors (Lipinski definition) is 4. The van der Waals surface area contributed by atoms with Crippen LogP contribution in [0.5, 0.6) is 0 Å². The third-order valence-corrected chi connectivity index (χ3v) is 5.13. The number of esters is 2. The van der Waals surface area contributed by atoms with E-state index in [9.17, 15) is 9.59 Å². The number of rotatable bonds is 8. The second kappa shape index (κ2) is 10.9. The summed E-state index contributed by atoms with van der Waals surface area (Å²) >= 11 is 0. The molecule has 5 heteroatoms. The summed E-state index contributed by atoms with van der Waals surface area (Å²) in [5, 5.41) is 0. The van der Waals surface area contributed by atoms with E-state index in [2.05, 4.69) is 0 Å². The topological polar surface area (TPSA) is 56.5 Å². The van der Waals surface area contributed by atoms with Crippen molar-refractivity contribution < 1.29 is 23.6 Å². The van der Waals surface area contributed by atoms with E-state index in [4.69, 9.17) is 9.47 Å². The third kappa shape index (κ3) is 6.14. The maximum absolute atomic E-state index is 12.4. The Morgan fingerprint density at radius 3 is 1.70 bits per heavy atom. The molecular weight excluding hydrogens is 414 g/mol. The molecular formula is C28H24NO4+. The average molecular weight is 439 g/mol. The monoisotopic (exact) mass is 438 g/mol. The number of nitrogens with zero attached hydrogens (tertiary/aromatic N) is 1. The van der Waals surface area contributed by atoms with Crippen LogP contribution in [0.4, 0.5) is 0 Å². The Bertz CT molecular complexity index is 1210. The van der Waals surface area contributed by atoms with Gasteiger partial charge in [0.2, 0.25) is 5.69 Å². The molecule has 164 valence electrons. The molecule has 0 bridgehead atoms. The van der Waals surface area contributed by atoms with Gasteiger partial charge in [0.25, 0.3) is 0 Å². The van der Waals surface area contributed by atoms with Crippen LogP contribution in [0.1, 0.15) is 37.5 Å². The van der Waals surface area contributed by atoms with Crippen LogP contribution >= 0.6 is 0 Å². The van der Waals surface area contributed by atoms with E-state index in [0.717, 1.165) is 16.8 Å². The van der Waals surface area contributed by atoms with Gasteiger partial charge < -0.3 is 9.47 Å². The molecule has 0 amide bonds. The molecule has 4 aromatic rings. The molecule has 0 aliphatic carbocycles. The lowest BCUT2D eigenvalue weighted by atomic mass is 10.2. The normalized spacial score (nSPS) is 10.4. The van der Waals surface area contributed by atoms with Gasteiger partial charge in [-0.15, -0.1) is 0 Å². The van der Waals surface area contributed by atoms with E-state index in [-0.39, 0.29) is 25.2 Å². The molecule has 0 unspecified atom stereocenters. The maximum atomic E-state index is 12.4. The van der Waals surface area contributed by atoms with Crippen molar-refractivity contribution in [2.45, 2.75) is 19.8 Å². The average Bonchev–Trinajstić information content (AvgIpc) is 2.88. The molecule has 0 radical (unpaired) electrons. The Morgan fingerprint density at radius 1 is 0.606 bits per heavy atom. The highest BCUT2D eigenvalue weighted by Gasteiger charge is 2.17. The van der Waals surface area contributed by atoms with E-state index in [1.807, 2.05) is 65.4 Å². The van der Waals surface area contributed by atoms with E-state index >= 15 is 0 Å². The lowest BCUT2D eigenvalue weighted by molar-refractivity contribution is -0.697. The zero-order valence-corrected chi connectivity index (χ0v) is 18.1. The quantitative estimate of drug-likeness (QED) is 0.295. The molecule has 0 atom stereocenters. The predicted molar refractivity (Wildman–Crippen MR) is 123 cm³/mol. The minimum Gasteiger partial charge on any atom is -0.457 e. The number of pyridine rings is 1. The predicted octanol–water partition coefficient (Wildman–Crippen LogP) is 4.74. The Hall–Kier alpha value is -4.25. The highest BCUT2D eigenvalue weighted by Crippen LogP contribution is 2.10. The molecule has 0 saturated carbocycles. The first kappa shape index (κ1) is 22.0. The molecule has 0 fully saturated rings. The molecule has 5 nitrogen and oxygen atoms in total. The van der Waals surface area contributed by atoms with Crippen molar-refractivity contribution in [3.63, 3.8) is 0 Å². The molecule has 0 aliphatic heterocycles. The van der Waals surface area contributed by atoms with Gasteiger partial charge in [-0.1, -0.05) is 66.7 Å². The third-order valence-electron chi connectivity index (χ3n) is 5.13. The van der Waals surface area contributed by atoms with E-state index < -0.39 is 0 Å². The number of aromatic nitrogens is 1. The fourth-order valence-corrected chi connectivity index (χ4v) is 3.38. The number of hydrogen-bond donors (Lipinski definition) is 0. The second-order valence-electron chi connectivity index (χ2n) is 7.52. The fourth-order valence-electron chi connectivity index (χ4n) is 3.38. The summed E-state index contributed by atoms with van der Waals surface area (Å²) in [5.74, 6) is -0.767. The van der Waals surface area contributed by atoms with E-state index in [0.29, 0.717) is 17.7 Å². The largest absolute Gasteiger partial charge is 0.457 e. The molecule has 0 N–H and O–H groups in total. The van der Waals surface area contributed by atoms with Crippen molar-refractivity contribution in [3.05, 3.63) is 137 Å². The van der Waals surface area contributed by atoms with Crippen LogP contribution < -0.4 is 4.57 Å². The fraction of sp³-hybridized carbons (Fsp3) is 0.107. The van der Waals surface area contributed by atoms with Crippen LogP contribution in [0.2, 0.25) is 0 Å². The van der Waals surface area contributed by atoms with Crippen LogP contribution in [-0.2, 0) is 29.2 Å². The summed E-state index contributed by atoms with van der Waals surface area (Å²) in [6.45, 7) is 0.851. The molecule has 3 aromatic carbocycles. The molecule has 1 heterocycles. The zero-order valence-electron chi connectivity index (χ0n) is 18.1. The molecule has 0 spiro atoms. The van der Waals surface area contributed by atoms with Crippen LogP contribution in [0, 0.1) is 0 Å². The molecule has 33 heavy (non-hydrogen) atoms. The highest BCUT2D eigenvalue weighted by atomic mass is 16.5. The maximum Gasteiger partial charge on any atom is 0.338 e. The van der Waals surface area contributed by atoms with Gasteiger partial charge in [-0.2, -0.15) is 4.57 Å². The van der Waals surface area contributed by atoms with Gasteiger partial charge >= 0.3 is 11.9 Å². The summed E-state index contributed by atoms with van der Waals surface area (Å²) in [7, 11) is 0. The Balaban J connectivity index is 1.50. The van der Waals surface area contributed by atoms with Gasteiger partial charge in [-0.05, 0) is 24.3 Å². The lowest BCUT2D eigenvalue weighted by Crippen LogP contribution is -2.39. The number of benzene rings is 3. The molecule has 0 aliphatic rings. The van der Waals surface area contributed by atoms with Crippen molar-refractivity contribution >= 4 is 11.9 Å². The van der Waals surface area contributed by atoms with Crippen LogP contribution in [-0.4, -0.2) is 11.9 Å². The Kier molecular flexibility index (Phi) is 7.23. The molecule has 4 rings (SSSR count). The summed E-state index contributed by atoms with van der Waals surface area (Å²) < 4.78 is 13.1. The summed E-state index contributed by atoms with van der Waals surface area (Å²) in [6, 6.07) is 31.6. The van der Waals surface area contributed by atoms with Crippen molar-refractivity contribution in [1.82, 2.24) is 0 Å². The van der Waals surface area contributed by atoms with Crippen LogP contribution in [0.15, 0.2) is 109 Å². The Morgan fingerprint density at radius 2 is 1.12 bits per heavy atom. The Labute approximate surface area is 192 Å². The number of carbonyl (C=O) groups excluding carboxylic acids is 2. The van der Waals surface area contributed by atoms with Gasteiger partial charge in [0, 0.05) is 23.3 Å². The van der Waals surface area contributed by atoms with Gasteiger partial charge in [0.15, 0.2) is 19.3 Å². The van der Waals surface area contributed by atoms with Crippen LogP contribution in [0.3, 0.4) is 0 Å². The van der Waals surface area contributed by atoms with Gasteiger partial charge in [-0.3, -0.25) is 0 Å². The minimum absolute atomic E-state index is 0.0982. The first-order valence-corrected chi connectivity index (χ1v) is 10.7. The standard InChI is InChI=1S/C28H24NO4/c30-27(24-12-6-2-7-13-24)32-20-23-16-17-29(19-22-10-4-1-5-11-22)26(18-23)21-33-28(31)25-14-8-3-9-15-25/h1-18H,19-21H2/q+1. The highest BCUT2D eigenvalue weighted by molar-refractivity contribution is 5.89. The lowest BCUT2D eigenvalue weighted by Gasteiger charge is -2.09. The van der Waals surface area contributed by atoms with E-state index in [1.54, 1.807) is 48.5 Å². The summed E-state index contributed by atoms with van der Waals surface area (Å²) in [4.78, 5) is 24.7.